The van der Waals surface area contributed by atoms with Gasteiger partial charge in [-0.15, -0.1) is 0 Å². The van der Waals surface area contributed by atoms with Crippen molar-refractivity contribution in [2.24, 2.45) is 17.8 Å². The number of aliphatic carboxylic acids is 1. The zero-order valence-corrected chi connectivity index (χ0v) is 29.1. The molecule has 2 aliphatic rings. The van der Waals surface area contributed by atoms with Crippen LogP contribution < -0.4 is 16.0 Å². The van der Waals surface area contributed by atoms with Crippen LogP contribution in [0, 0.1) is 17.8 Å². The number of urea groups is 1. The number of carbonyl (C=O) groups is 5. The quantitative estimate of drug-likeness (QED) is 0.174. The molecular formula is C36H54F2N4O7. The van der Waals surface area contributed by atoms with E-state index in [9.17, 15) is 29.1 Å². The van der Waals surface area contributed by atoms with Gasteiger partial charge in [-0.25, -0.2) is 4.79 Å². The van der Waals surface area contributed by atoms with Crippen LogP contribution >= 0.6 is 0 Å². The molecule has 0 unspecified atom stereocenters. The zero-order chi connectivity index (χ0) is 36.0. The van der Waals surface area contributed by atoms with Crippen LogP contribution in [-0.2, 0) is 30.3 Å². The molecule has 1 saturated carbocycles. The number of carboxylic acid groups (broad SMARTS) is 1. The Balaban J connectivity index is 1.85. The molecule has 0 bridgehead atoms. The summed E-state index contributed by atoms with van der Waals surface area (Å²) in [6.45, 7) is 6.55. The SMILES string of the molecule is CCCC[C@H](NC(=O)[C@H](Cc1ccccc1)NC(=O)N1CCOCC1)C(=O)N[C@@H](CC1CCCCC1)C(=O)C(F)(F)[C@@H](CC(C)C)C(=O)O. The lowest BCUT2D eigenvalue weighted by molar-refractivity contribution is -0.171. The second kappa shape index (κ2) is 19.5. The average Bonchev–Trinajstić information content (AvgIpc) is 3.08. The number of halogens is 2. The number of ketones is 1. The molecule has 1 aromatic rings. The predicted molar refractivity (Wildman–Crippen MR) is 180 cm³/mol. The van der Waals surface area contributed by atoms with Crippen LogP contribution in [-0.4, -0.2) is 90.0 Å². The van der Waals surface area contributed by atoms with E-state index in [4.69, 9.17) is 4.74 Å². The predicted octanol–water partition coefficient (Wildman–Crippen LogP) is 4.72. The molecular weight excluding hydrogens is 638 g/mol. The normalized spacial score (nSPS) is 18.2. The van der Waals surface area contributed by atoms with Gasteiger partial charge in [-0.3, -0.25) is 19.2 Å². The summed E-state index contributed by atoms with van der Waals surface area (Å²) >= 11 is 0. The van der Waals surface area contributed by atoms with Crippen molar-refractivity contribution in [3.05, 3.63) is 35.9 Å². The van der Waals surface area contributed by atoms with Crippen LogP contribution in [0.2, 0.25) is 0 Å². The Kier molecular flexibility index (Phi) is 15.9. The number of Topliss-reactive ketones (excluding diaryl/α,β-unsaturated/α-hetero) is 1. The summed E-state index contributed by atoms with van der Waals surface area (Å²) in [6.07, 6.45) is 5.16. The first kappa shape index (κ1) is 39.8. The Labute approximate surface area is 288 Å². The highest BCUT2D eigenvalue weighted by Gasteiger charge is 2.53. The molecule has 1 aliphatic carbocycles. The number of rotatable bonds is 18. The van der Waals surface area contributed by atoms with Crippen LogP contribution in [0.25, 0.3) is 0 Å². The second-order valence-electron chi connectivity index (χ2n) is 13.8. The Bertz CT molecular complexity index is 1240. The first-order valence-corrected chi connectivity index (χ1v) is 17.8. The van der Waals surface area contributed by atoms with E-state index < -0.39 is 71.9 Å². The molecule has 1 heterocycles. The van der Waals surface area contributed by atoms with E-state index in [0.29, 0.717) is 52.0 Å². The number of carboxylic acids is 1. The number of carbonyl (C=O) groups excluding carboxylic acids is 4. The molecule has 3 rings (SSSR count). The van der Waals surface area contributed by atoms with Gasteiger partial charge in [-0.05, 0) is 36.7 Å². The minimum Gasteiger partial charge on any atom is -0.481 e. The molecule has 11 nitrogen and oxygen atoms in total. The Morgan fingerprint density at radius 3 is 2.12 bits per heavy atom. The molecule has 0 spiro atoms. The minimum atomic E-state index is -4.23. The summed E-state index contributed by atoms with van der Waals surface area (Å²) in [7, 11) is 0. The second-order valence-corrected chi connectivity index (χ2v) is 13.8. The van der Waals surface area contributed by atoms with E-state index in [1.54, 1.807) is 30.9 Å². The van der Waals surface area contributed by atoms with Crippen molar-refractivity contribution in [2.75, 3.05) is 26.3 Å². The van der Waals surface area contributed by atoms with Gasteiger partial charge in [0.15, 0.2) is 0 Å². The number of hydrogen-bond donors (Lipinski definition) is 4. The van der Waals surface area contributed by atoms with Crippen LogP contribution in [0.5, 0.6) is 0 Å². The molecule has 4 atom stereocenters. The van der Waals surface area contributed by atoms with Gasteiger partial charge in [0.05, 0.1) is 19.3 Å². The van der Waals surface area contributed by atoms with Crippen LogP contribution in [0.4, 0.5) is 13.6 Å². The fourth-order valence-corrected chi connectivity index (χ4v) is 6.55. The van der Waals surface area contributed by atoms with Gasteiger partial charge < -0.3 is 30.7 Å². The van der Waals surface area contributed by atoms with Crippen molar-refractivity contribution < 1.29 is 42.6 Å². The van der Waals surface area contributed by atoms with E-state index in [1.165, 1.54) is 0 Å². The first-order valence-electron chi connectivity index (χ1n) is 17.8. The number of hydrogen-bond acceptors (Lipinski definition) is 6. The van der Waals surface area contributed by atoms with Crippen molar-refractivity contribution in [1.82, 2.24) is 20.9 Å². The highest BCUT2D eigenvalue weighted by atomic mass is 19.3. The van der Waals surface area contributed by atoms with Crippen molar-refractivity contribution in [1.29, 1.82) is 0 Å². The third-order valence-electron chi connectivity index (χ3n) is 9.37. The number of nitrogens with one attached hydrogen (secondary N) is 3. The van der Waals surface area contributed by atoms with Gasteiger partial charge >= 0.3 is 17.9 Å². The van der Waals surface area contributed by atoms with Gasteiger partial charge in [0.2, 0.25) is 17.6 Å². The lowest BCUT2D eigenvalue weighted by Gasteiger charge is -2.32. The molecule has 4 N–H and O–H groups in total. The van der Waals surface area contributed by atoms with Gasteiger partial charge in [0.25, 0.3) is 0 Å². The van der Waals surface area contributed by atoms with Gasteiger partial charge in [0.1, 0.15) is 18.0 Å². The summed E-state index contributed by atoms with van der Waals surface area (Å²) in [6, 6.07) is 4.72. The van der Waals surface area contributed by atoms with Crippen molar-refractivity contribution in [3.8, 4) is 0 Å². The lowest BCUT2D eigenvalue weighted by Crippen LogP contribution is -2.59. The molecule has 49 heavy (non-hydrogen) atoms. The lowest BCUT2D eigenvalue weighted by atomic mass is 9.81. The summed E-state index contributed by atoms with van der Waals surface area (Å²) in [4.78, 5) is 67.8. The third-order valence-corrected chi connectivity index (χ3v) is 9.37. The maximum Gasteiger partial charge on any atom is 0.320 e. The van der Waals surface area contributed by atoms with Crippen molar-refractivity contribution in [3.63, 3.8) is 0 Å². The monoisotopic (exact) mass is 692 g/mol. The maximum absolute atomic E-state index is 15.7. The number of alkyl halides is 2. The Hall–Kier alpha value is -3.61. The maximum atomic E-state index is 15.7. The third kappa shape index (κ3) is 12.3. The smallest absolute Gasteiger partial charge is 0.320 e. The molecule has 0 aromatic heterocycles. The molecule has 1 saturated heterocycles. The number of morpholine rings is 1. The minimum absolute atomic E-state index is 0.0468. The van der Waals surface area contributed by atoms with E-state index >= 15 is 8.78 Å². The van der Waals surface area contributed by atoms with Gasteiger partial charge in [-0.1, -0.05) is 96.0 Å². The summed E-state index contributed by atoms with van der Waals surface area (Å²) in [5.41, 5.74) is 0.772. The van der Waals surface area contributed by atoms with Crippen LogP contribution in [0.3, 0.4) is 0 Å². The molecule has 4 amide bonds. The number of unbranched alkanes of at least 4 members (excludes halogenated alkanes) is 1. The average molecular weight is 693 g/mol. The number of nitrogens with zero attached hydrogens (tertiary/aromatic N) is 1. The van der Waals surface area contributed by atoms with E-state index in [0.717, 1.165) is 24.8 Å². The van der Waals surface area contributed by atoms with Gasteiger partial charge in [0, 0.05) is 19.5 Å². The van der Waals surface area contributed by atoms with E-state index in [1.807, 2.05) is 25.1 Å². The number of ether oxygens (including phenoxy) is 1. The highest BCUT2D eigenvalue weighted by Crippen LogP contribution is 2.35. The highest BCUT2D eigenvalue weighted by molar-refractivity contribution is 5.98. The summed E-state index contributed by atoms with van der Waals surface area (Å²) in [5, 5.41) is 17.7. The van der Waals surface area contributed by atoms with Crippen molar-refractivity contribution >= 4 is 29.6 Å². The topological polar surface area (TPSA) is 154 Å². The zero-order valence-electron chi connectivity index (χ0n) is 29.1. The molecule has 1 aliphatic heterocycles. The molecule has 13 heteroatoms. The number of benzene rings is 1. The largest absolute Gasteiger partial charge is 0.481 e. The summed E-state index contributed by atoms with van der Waals surface area (Å²) < 4.78 is 36.8. The van der Waals surface area contributed by atoms with Crippen LogP contribution in [0.15, 0.2) is 30.3 Å². The first-order chi connectivity index (χ1) is 23.3. The summed E-state index contributed by atoms with van der Waals surface area (Å²) in [5.74, 6) is -11.8. The molecule has 274 valence electrons. The molecule has 0 radical (unpaired) electrons. The fourth-order valence-electron chi connectivity index (χ4n) is 6.55. The standard InChI is InChI=1S/C36H54F2N4O7/c1-4-5-16-28(39-33(45)30(23-26-14-10-7-11-15-26)41-35(48)42-17-19-49-20-18-42)32(44)40-29(22-25-12-8-6-9-13-25)31(43)36(37,38)27(34(46)47)21-24(2)3/h7,10-11,14-15,24-25,27-30H,4-6,8-9,12-13,16-23H2,1-3H3,(H,39,45)(H,40,44)(H,41,48)(H,46,47)/t27-,28-,29-,30-/m0/s1. The van der Waals surface area contributed by atoms with Crippen LogP contribution in [0.1, 0.15) is 90.5 Å². The Morgan fingerprint density at radius 2 is 1.53 bits per heavy atom. The van der Waals surface area contributed by atoms with E-state index in [-0.39, 0.29) is 25.2 Å². The Morgan fingerprint density at radius 1 is 0.918 bits per heavy atom. The molecule has 1 aromatic carbocycles. The molecule has 2 fully saturated rings. The fraction of sp³-hybridized carbons (Fsp3) is 0.694. The van der Waals surface area contributed by atoms with E-state index in [2.05, 4.69) is 16.0 Å². The van der Waals surface area contributed by atoms with Crippen molar-refractivity contribution in [2.45, 2.75) is 115 Å². The number of amides is 4. The van der Waals surface area contributed by atoms with Gasteiger partial charge in [-0.2, -0.15) is 8.78 Å².